The smallest absolute Gasteiger partial charge is 0.249 e. The third-order valence-corrected chi connectivity index (χ3v) is 3.47. The fraction of sp³-hybridized carbons (Fsp3) is 0.357. The van der Waals surface area contributed by atoms with E-state index in [9.17, 15) is 4.79 Å². The highest BCUT2D eigenvalue weighted by atomic mass is 16.2. The van der Waals surface area contributed by atoms with Crippen molar-refractivity contribution in [1.82, 2.24) is 15.0 Å². The van der Waals surface area contributed by atoms with Crippen LogP contribution in [0.15, 0.2) is 24.4 Å². The lowest BCUT2D eigenvalue weighted by molar-refractivity contribution is -0.119. The van der Waals surface area contributed by atoms with Crippen LogP contribution in [-0.2, 0) is 11.3 Å². The molecule has 1 atom stereocenters. The van der Waals surface area contributed by atoms with Gasteiger partial charge in [-0.2, -0.15) is 0 Å². The molecule has 1 amide bonds. The van der Waals surface area contributed by atoms with Crippen molar-refractivity contribution in [2.24, 2.45) is 5.73 Å². The number of anilines is 1. The number of carbonyl (C=O) groups excluding carboxylic acids is 1. The predicted octanol–water partition coefficient (Wildman–Crippen LogP) is 1.55. The molecule has 0 aliphatic carbocycles. The van der Waals surface area contributed by atoms with Crippen LogP contribution in [-0.4, -0.2) is 20.9 Å². The van der Waals surface area contributed by atoms with Crippen molar-refractivity contribution in [3.8, 4) is 0 Å². The average Bonchev–Trinajstić information content (AvgIpc) is 2.91. The van der Waals surface area contributed by atoms with Gasteiger partial charge in [-0.25, -0.2) is 4.68 Å². The van der Waals surface area contributed by atoms with Crippen LogP contribution in [0.1, 0.15) is 29.8 Å². The highest BCUT2D eigenvalue weighted by molar-refractivity contribution is 5.94. The minimum Gasteiger partial charge on any atom is -0.325 e. The van der Waals surface area contributed by atoms with Gasteiger partial charge >= 0.3 is 0 Å². The number of amides is 1. The third-order valence-electron chi connectivity index (χ3n) is 3.47. The molecule has 6 heteroatoms. The molecule has 3 N–H and O–H groups in total. The Morgan fingerprint density at radius 2 is 2.20 bits per heavy atom. The van der Waals surface area contributed by atoms with Crippen LogP contribution >= 0.6 is 0 Å². The van der Waals surface area contributed by atoms with E-state index in [-0.39, 0.29) is 5.91 Å². The highest BCUT2D eigenvalue weighted by Gasteiger charge is 2.19. The van der Waals surface area contributed by atoms with Crippen LogP contribution in [0.5, 0.6) is 0 Å². The summed E-state index contributed by atoms with van der Waals surface area (Å²) in [5, 5.41) is 10.6. The molecule has 2 rings (SSSR count). The van der Waals surface area contributed by atoms with Crippen LogP contribution < -0.4 is 11.1 Å². The monoisotopic (exact) mass is 273 g/mol. The third kappa shape index (κ3) is 2.70. The lowest BCUT2D eigenvalue weighted by Gasteiger charge is -2.16. The summed E-state index contributed by atoms with van der Waals surface area (Å²) in [4.78, 5) is 12.3. The lowest BCUT2D eigenvalue weighted by Crippen LogP contribution is -2.26. The number of carbonyl (C=O) groups is 1. The first kappa shape index (κ1) is 14.2. The molecule has 0 bridgehead atoms. The van der Waals surface area contributed by atoms with Gasteiger partial charge in [0.15, 0.2) is 0 Å². The molecular formula is C14H19N5O. The number of benzene rings is 1. The molecule has 0 saturated heterocycles. The minimum absolute atomic E-state index is 0.140. The molecule has 1 aromatic heterocycles. The molecule has 106 valence electrons. The van der Waals surface area contributed by atoms with Gasteiger partial charge in [-0.1, -0.05) is 17.3 Å². The Balaban J connectivity index is 2.18. The zero-order chi connectivity index (χ0) is 14.7. The molecule has 0 radical (unpaired) electrons. The number of hydrogen-bond donors (Lipinski definition) is 2. The standard InChI is InChI=1S/C14H19N5O/c1-9-5-4-6-13(10(9)2)17-14(20)11(3)19-12(7-15)8-16-18-19/h4-6,8,11H,7,15H2,1-3H3,(H,17,20). The number of nitrogens with two attached hydrogens (primary N) is 1. The van der Waals surface area contributed by atoms with Gasteiger partial charge in [0.2, 0.25) is 5.91 Å². The maximum absolute atomic E-state index is 12.3. The highest BCUT2D eigenvalue weighted by Crippen LogP contribution is 2.19. The van der Waals surface area contributed by atoms with Crippen LogP contribution in [0.3, 0.4) is 0 Å². The fourth-order valence-electron chi connectivity index (χ4n) is 1.97. The molecule has 0 saturated carbocycles. The topological polar surface area (TPSA) is 85.8 Å². The van der Waals surface area contributed by atoms with Gasteiger partial charge in [0, 0.05) is 12.2 Å². The van der Waals surface area contributed by atoms with E-state index >= 15 is 0 Å². The van der Waals surface area contributed by atoms with Crippen molar-refractivity contribution in [3.63, 3.8) is 0 Å². The molecule has 2 aromatic rings. The van der Waals surface area contributed by atoms with Crippen LogP contribution in [0.4, 0.5) is 5.69 Å². The molecule has 1 heterocycles. The Morgan fingerprint density at radius 1 is 1.45 bits per heavy atom. The van der Waals surface area contributed by atoms with Crippen molar-refractivity contribution in [2.45, 2.75) is 33.4 Å². The first-order valence-electron chi connectivity index (χ1n) is 6.50. The van der Waals surface area contributed by atoms with Crippen molar-refractivity contribution in [1.29, 1.82) is 0 Å². The lowest BCUT2D eigenvalue weighted by atomic mass is 10.1. The Morgan fingerprint density at radius 3 is 2.90 bits per heavy atom. The van der Waals surface area contributed by atoms with E-state index in [1.807, 2.05) is 32.0 Å². The summed E-state index contributed by atoms with van der Waals surface area (Å²) in [5.74, 6) is -0.140. The van der Waals surface area contributed by atoms with Gasteiger partial charge in [0.05, 0.1) is 11.9 Å². The summed E-state index contributed by atoms with van der Waals surface area (Å²) >= 11 is 0. The molecule has 0 aliphatic rings. The van der Waals surface area contributed by atoms with E-state index in [0.29, 0.717) is 6.54 Å². The second-order valence-electron chi connectivity index (χ2n) is 4.79. The summed E-state index contributed by atoms with van der Waals surface area (Å²) in [6.07, 6.45) is 1.57. The summed E-state index contributed by atoms with van der Waals surface area (Å²) in [7, 11) is 0. The van der Waals surface area contributed by atoms with E-state index in [1.165, 1.54) is 0 Å². The number of aryl methyl sites for hydroxylation is 1. The van der Waals surface area contributed by atoms with Crippen molar-refractivity contribution in [3.05, 3.63) is 41.2 Å². The van der Waals surface area contributed by atoms with Crippen LogP contribution in [0.2, 0.25) is 0 Å². The summed E-state index contributed by atoms with van der Waals surface area (Å²) < 4.78 is 1.54. The van der Waals surface area contributed by atoms with Gasteiger partial charge in [-0.3, -0.25) is 4.79 Å². The normalized spacial score (nSPS) is 12.2. The number of nitrogens with zero attached hydrogens (tertiary/aromatic N) is 3. The SMILES string of the molecule is Cc1cccc(NC(=O)C(C)n2nncc2CN)c1C. The molecule has 20 heavy (non-hydrogen) atoms. The summed E-state index contributed by atoms with van der Waals surface area (Å²) in [5.41, 5.74) is 9.34. The predicted molar refractivity (Wildman–Crippen MR) is 77.2 cm³/mol. The van der Waals surface area contributed by atoms with E-state index in [4.69, 9.17) is 5.73 Å². The molecular weight excluding hydrogens is 254 g/mol. The zero-order valence-corrected chi connectivity index (χ0v) is 11.9. The van der Waals surface area contributed by atoms with Gasteiger partial charge in [0.25, 0.3) is 0 Å². The van der Waals surface area contributed by atoms with Crippen LogP contribution in [0.25, 0.3) is 0 Å². The zero-order valence-electron chi connectivity index (χ0n) is 11.9. The molecule has 6 nitrogen and oxygen atoms in total. The average molecular weight is 273 g/mol. The maximum Gasteiger partial charge on any atom is 0.249 e. The van der Waals surface area contributed by atoms with Gasteiger partial charge in [-0.15, -0.1) is 5.10 Å². The minimum atomic E-state index is -0.462. The summed E-state index contributed by atoms with van der Waals surface area (Å²) in [6, 6.07) is 5.36. The van der Waals surface area contributed by atoms with E-state index in [0.717, 1.165) is 22.5 Å². The van der Waals surface area contributed by atoms with Crippen molar-refractivity contribution in [2.75, 3.05) is 5.32 Å². The molecule has 1 aromatic carbocycles. The van der Waals surface area contributed by atoms with Crippen molar-refractivity contribution >= 4 is 11.6 Å². The first-order valence-corrected chi connectivity index (χ1v) is 6.50. The Hall–Kier alpha value is -2.21. The van der Waals surface area contributed by atoms with Gasteiger partial charge in [-0.05, 0) is 38.0 Å². The van der Waals surface area contributed by atoms with Crippen LogP contribution in [0, 0.1) is 13.8 Å². The molecule has 0 spiro atoms. The number of aromatic nitrogens is 3. The first-order chi connectivity index (χ1) is 9.54. The maximum atomic E-state index is 12.3. The molecule has 1 unspecified atom stereocenters. The fourth-order valence-corrected chi connectivity index (χ4v) is 1.97. The molecule has 0 aliphatic heterocycles. The van der Waals surface area contributed by atoms with Gasteiger partial charge in [0.1, 0.15) is 6.04 Å². The Kier molecular flexibility index (Phi) is 4.14. The summed E-state index contributed by atoms with van der Waals surface area (Å²) in [6.45, 7) is 6.07. The van der Waals surface area contributed by atoms with E-state index < -0.39 is 6.04 Å². The van der Waals surface area contributed by atoms with Gasteiger partial charge < -0.3 is 11.1 Å². The van der Waals surface area contributed by atoms with E-state index in [1.54, 1.807) is 17.8 Å². The second kappa shape index (κ2) is 5.83. The Bertz CT molecular complexity index is 620. The molecule has 0 fully saturated rings. The second-order valence-corrected chi connectivity index (χ2v) is 4.79. The number of hydrogen-bond acceptors (Lipinski definition) is 4. The number of nitrogens with one attached hydrogen (secondary N) is 1. The van der Waals surface area contributed by atoms with E-state index in [2.05, 4.69) is 15.6 Å². The number of rotatable bonds is 4. The largest absolute Gasteiger partial charge is 0.325 e. The quantitative estimate of drug-likeness (QED) is 0.885. The Labute approximate surface area is 118 Å². The van der Waals surface area contributed by atoms with Crippen molar-refractivity contribution < 1.29 is 4.79 Å².